The second-order valence-corrected chi connectivity index (χ2v) is 9.50. The van der Waals surface area contributed by atoms with E-state index in [0.29, 0.717) is 6.42 Å². The zero-order valence-corrected chi connectivity index (χ0v) is 19.3. The molecular formula is C22H45LiO3S. The Morgan fingerprint density at radius 3 is 0.926 bits per heavy atom. The monoisotopic (exact) mass is 396 g/mol. The van der Waals surface area contributed by atoms with Crippen molar-refractivity contribution in [3.63, 3.8) is 0 Å². The van der Waals surface area contributed by atoms with Crippen LogP contribution >= 0.6 is 0 Å². The van der Waals surface area contributed by atoms with Gasteiger partial charge in [-0.15, -0.1) is 0 Å². The molecule has 0 aliphatic rings. The van der Waals surface area contributed by atoms with Gasteiger partial charge in [-0.2, -0.15) is 0 Å². The Hall–Kier alpha value is 0.507. The minimum Gasteiger partial charge on any atom is -0.748 e. The van der Waals surface area contributed by atoms with Gasteiger partial charge in [0, 0.05) is 5.75 Å². The third-order valence-corrected chi connectivity index (χ3v) is 6.04. The Labute approximate surface area is 182 Å². The van der Waals surface area contributed by atoms with Gasteiger partial charge in [0.2, 0.25) is 0 Å². The van der Waals surface area contributed by atoms with Gasteiger partial charge >= 0.3 is 18.9 Å². The third kappa shape index (κ3) is 28.8. The van der Waals surface area contributed by atoms with E-state index >= 15 is 0 Å². The van der Waals surface area contributed by atoms with E-state index < -0.39 is 10.1 Å². The summed E-state index contributed by atoms with van der Waals surface area (Å²) in [6.07, 6.45) is 25.9. The minimum atomic E-state index is -4.00. The third-order valence-electron chi connectivity index (χ3n) is 5.25. The largest absolute Gasteiger partial charge is 1.00 e. The van der Waals surface area contributed by atoms with Crippen LogP contribution in [-0.2, 0) is 10.1 Å². The predicted molar refractivity (Wildman–Crippen MR) is 113 cm³/mol. The van der Waals surface area contributed by atoms with Crippen LogP contribution in [0.3, 0.4) is 0 Å². The maximum Gasteiger partial charge on any atom is 1.00 e. The molecule has 3 nitrogen and oxygen atoms in total. The second kappa shape index (κ2) is 22.8. The molecule has 0 fully saturated rings. The first-order chi connectivity index (χ1) is 12.6. The molecule has 158 valence electrons. The first-order valence-electron chi connectivity index (χ1n) is 11.5. The molecule has 0 heterocycles. The van der Waals surface area contributed by atoms with Gasteiger partial charge in [0.05, 0.1) is 10.1 Å². The van der Waals surface area contributed by atoms with Crippen molar-refractivity contribution in [2.45, 2.75) is 135 Å². The zero-order chi connectivity index (χ0) is 19.3. The number of unbranched alkanes of at least 4 members (excludes halogenated alkanes) is 19. The summed E-state index contributed by atoms with van der Waals surface area (Å²) in [5.41, 5.74) is 0. The van der Waals surface area contributed by atoms with Crippen molar-refractivity contribution in [3.05, 3.63) is 0 Å². The van der Waals surface area contributed by atoms with E-state index in [1.807, 2.05) is 0 Å². The molecule has 0 N–H and O–H groups in total. The molecule has 0 radical (unpaired) electrons. The molecule has 5 heteroatoms. The van der Waals surface area contributed by atoms with Crippen molar-refractivity contribution in [2.75, 3.05) is 5.75 Å². The van der Waals surface area contributed by atoms with Crippen LogP contribution < -0.4 is 18.9 Å². The number of hydrogen-bond donors (Lipinski definition) is 0. The SMILES string of the molecule is CCCCCCCCCCCCCCCCCCCCCCS(=O)(=O)[O-].[Li+]. The number of hydrogen-bond acceptors (Lipinski definition) is 3. The maximum absolute atomic E-state index is 10.5. The van der Waals surface area contributed by atoms with Crippen LogP contribution in [0.4, 0.5) is 0 Å². The molecule has 27 heavy (non-hydrogen) atoms. The summed E-state index contributed by atoms with van der Waals surface area (Å²) in [7, 11) is -4.00. The zero-order valence-electron chi connectivity index (χ0n) is 18.5. The summed E-state index contributed by atoms with van der Waals surface area (Å²) in [4.78, 5) is 0. The van der Waals surface area contributed by atoms with E-state index in [0.717, 1.165) is 12.8 Å². The van der Waals surface area contributed by atoms with E-state index in [4.69, 9.17) is 0 Å². The number of rotatable bonds is 21. The van der Waals surface area contributed by atoms with E-state index in [-0.39, 0.29) is 24.6 Å². The van der Waals surface area contributed by atoms with Crippen LogP contribution in [0.1, 0.15) is 135 Å². The van der Waals surface area contributed by atoms with Gasteiger partial charge in [-0.05, 0) is 6.42 Å². The van der Waals surface area contributed by atoms with Gasteiger partial charge in [-0.25, -0.2) is 8.42 Å². The summed E-state index contributed by atoms with van der Waals surface area (Å²) >= 11 is 0. The van der Waals surface area contributed by atoms with Crippen molar-refractivity contribution in [2.24, 2.45) is 0 Å². The van der Waals surface area contributed by atoms with E-state index in [1.54, 1.807) is 0 Å². The fraction of sp³-hybridized carbons (Fsp3) is 1.00. The van der Waals surface area contributed by atoms with Gasteiger partial charge in [0.1, 0.15) is 0 Å². The summed E-state index contributed by atoms with van der Waals surface area (Å²) < 4.78 is 31.4. The Balaban J connectivity index is 0. The second-order valence-electron chi connectivity index (χ2n) is 7.98. The Kier molecular flexibility index (Phi) is 25.1. The topological polar surface area (TPSA) is 57.2 Å². The Morgan fingerprint density at radius 2 is 0.704 bits per heavy atom. The fourth-order valence-corrected chi connectivity index (χ4v) is 4.09. The van der Waals surface area contributed by atoms with Gasteiger partial charge in [-0.1, -0.05) is 129 Å². The van der Waals surface area contributed by atoms with Crippen molar-refractivity contribution < 1.29 is 31.8 Å². The molecule has 0 aromatic carbocycles. The fourth-order valence-electron chi connectivity index (χ4n) is 3.53. The van der Waals surface area contributed by atoms with Crippen LogP contribution in [0.25, 0.3) is 0 Å². The molecule has 0 saturated heterocycles. The van der Waals surface area contributed by atoms with Crippen LogP contribution in [-0.4, -0.2) is 18.7 Å². The molecule has 0 bridgehead atoms. The molecule has 0 atom stereocenters. The normalized spacial score (nSPS) is 11.5. The smallest absolute Gasteiger partial charge is 0.748 e. The molecule has 0 aliphatic heterocycles. The molecule has 0 rings (SSSR count). The van der Waals surface area contributed by atoms with Crippen molar-refractivity contribution in [3.8, 4) is 0 Å². The van der Waals surface area contributed by atoms with E-state index in [9.17, 15) is 13.0 Å². The molecule has 0 amide bonds. The van der Waals surface area contributed by atoms with Gasteiger partial charge < -0.3 is 4.55 Å². The standard InChI is InChI=1S/C22H46O3S.Li/c1-2-3-4-5-6-7-8-9-10-11-12-13-14-15-16-17-18-19-20-21-22-26(23,24)25;/h2-22H2,1H3,(H,23,24,25);/q;+1/p-1. The van der Waals surface area contributed by atoms with Crippen LogP contribution in [0, 0.1) is 0 Å². The van der Waals surface area contributed by atoms with Crippen LogP contribution in [0.5, 0.6) is 0 Å². The predicted octanol–water partition coefficient (Wildman–Crippen LogP) is 4.36. The maximum atomic E-state index is 10.5. The van der Waals surface area contributed by atoms with E-state index in [2.05, 4.69) is 6.92 Å². The Morgan fingerprint density at radius 1 is 0.481 bits per heavy atom. The van der Waals surface area contributed by atoms with Crippen LogP contribution in [0.15, 0.2) is 0 Å². The summed E-state index contributed by atoms with van der Waals surface area (Å²) in [5, 5.41) is 0. The molecule has 0 unspecified atom stereocenters. The first kappa shape index (κ1) is 29.7. The quantitative estimate of drug-likeness (QED) is 0.165. The van der Waals surface area contributed by atoms with Crippen molar-refractivity contribution in [1.29, 1.82) is 0 Å². The molecule has 0 aromatic rings. The summed E-state index contributed by atoms with van der Waals surface area (Å²) in [5.74, 6) is -0.189. The van der Waals surface area contributed by atoms with Gasteiger partial charge in [0.15, 0.2) is 0 Å². The van der Waals surface area contributed by atoms with Crippen molar-refractivity contribution >= 4 is 10.1 Å². The minimum absolute atomic E-state index is 0. The average Bonchev–Trinajstić information content (AvgIpc) is 2.59. The van der Waals surface area contributed by atoms with Gasteiger partial charge in [0.25, 0.3) is 0 Å². The molecule has 0 spiro atoms. The average molecular weight is 397 g/mol. The molecule has 0 saturated carbocycles. The summed E-state index contributed by atoms with van der Waals surface area (Å²) in [6.45, 7) is 2.28. The Bertz CT molecular complexity index is 372. The molecule has 0 aliphatic carbocycles. The molecule has 0 aromatic heterocycles. The van der Waals surface area contributed by atoms with Crippen molar-refractivity contribution in [1.82, 2.24) is 0 Å². The van der Waals surface area contributed by atoms with E-state index in [1.165, 1.54) is 109 Å². The van der Waals surface area contributed by atoms with Gasteiger partial charge in [-0.3, -0.25) is 0 Å². The first-order valence-corrected chi connectivity index (χ1v) is 13.1. The summed E-state index contributed by atoms with van der Waals surface area (Å²) in [6, 6.07) is 0. The molecular weight excluding hydrogens is 351 g/mol. The van der Waals surface area contributed by atoms with Crippen LogP contribution in [0.2, 0.25) is 0 Å².